The van der Waals surface area contributed by atoms with Crippen molar-refractivity contribution in [3.05, 3.63) is 205 Å². The molecule has 280 valence electrons. The van der Waals surface area contributed by atoms with E-state index in [0.29, 0.717) is 0 Å². The second kappa shape index (κ2) is 14.0. The van der Waals surface area contributed by atoms with E-state index in [1.807, 2.05) is 18.2 Å². The van der Waals surface area contributed by atoms with Gasteiger partial charge in [-0.05, 0) is 118 Å². The Labute approximate surface area is 338 Å². The number of anilines is 6. The molecule has 0 saturated carbocycles. The highest BCUT2D eigenvalue weighted by atomic mass is 16.5. The molecule has 1 aliphatic carbocycles. The molecule has 5 heteroatoms. The van der Waals surface area contributed by atoms with E-state index >= 15 is 0 Å². The summed E-state index contributed by atoms with van der Waals surface area (Å²) in [5.41, 5.74) is 14.4. The number of ether oxygens (including phenoxy) is 1. The van der Waals surface area contributed by atoms with Gasteiger partial charge in [0.15, 0.2) is 0 Å². The van der Waals surface area contributed by atoms with Crippen LogP contribution >= 0.6 is 0 Å². The van der Waals surface area contributed by atoms with Crippen LogP contribution in [0.4, 0.5) is 38.9 Å². The number of rotatable bonds is 7. The predicted molar refractivity (Wildman–Crippen MR) is 240 cm³/mol. The topological polar surface area (TPSA) is 37.7 Å². The molecule has 1 heterocycles. The Morgan fingerprint density at radius 2 is 1.05 bits per heavy atom. The maximum absolute atomic E-state index is 12.5. The molecule has 0 spiro atoms. The summed E-state index contributed by atoms with van der Waals surface area (Å²) in [6, 6.07) is 67.1. The predicted octanol–water partition coefficient (Wildman–Crippen LogP) is 14.3. The molecule has 10 rings (SSSR count). The lowest BCUT2D eigenvalue weighted by Gasteiger charge is -2.29. The van der Waals surface area contributed by atoms with E-state index in [1.54, 1.807) is 10.8 Å². The van der Waals surface area contributed by atoms with Crippen LogP contribution < -0.4 is 9.80 Å². The summed E-state index contributed by atoms with van der Waals surface area (Å²) < 4.78 is 6.59. The SMILES string of the molecule is COC(=O)n1ccc2cc(N(c3ccc(-c4ccccc4)cc3)c3ccc4c(c3)C(C)(C)c3cc(N(c5ccccc5)c5cccc6ccccc56)ccc3-4)ccc21. The first kappa shape index (κ1) is 35.1. The first-order chi connectivity index (χ1) is 28.4. The molecule has 0 N–H and O–H groups in total. The van der Waals surface area contributed by atoms with Crippen LogP contribution in [0.3, 0.4) is 0 Å². The second-order valence-corrected chi connectivity index (χ2v) is 15.4. The third-order valence-corrected chi connectivity index (χ3v) is 11.7. The number of methoxy groups -OCH3 is 1. The van der Waals surface area contributed by atoms with Gasteiger partial charge in [0.25, 0.3) is 0 Å². The molecule has 8 aromatic carbocycles. The Bertz CT molecular complexity index is 2980. The Balaban J connectivity index is 1.09. The largest absolute Gasteiger partial charge is 0.452 e. The quantitative estimate of drug-likeness (QED) is 0.163. The number of para-hydroxylation sites is 1. The summed E-state index contributed by atoms with van der Waals surface area (Å²) in [6.45, 7) is 4.69. The van der Waals surface area contributed by atoms with Crippen molar-refractivity contribution < 1.29 is 9.53 Å². The Hall–Kier alpha value is -7.37. The lowest BCUT2D eigenvalue weighted by atomic mass is 9.82. The van der Waals surface area contributed by atoms with Gasteiger partial charge < -0.3 is 14.5 Å². The number of hydrogen-bond acceptors (Lipinski definition) is 4. The van der Waals surface area contributed by atoms with Gasteiger partial charge >= 0.3 is 6.09 Å². The molecule has 5 nitrogen and oxygen atoms in total. The summed E-state index contributed by atoms with van der Waals surface area (Å²) in [7, 11) is 1.40. The van der Waals surface area contributed by atoms with Gasteiger partial charge in [0.2, 0.25) is 0 Å². The van der Waals surface area contributed by atoms with Crippen molar-refractivity contribution in [1.29, 1.82) is 0 Å². The minimum atomic E-state index is -0.413. The van der Waals surface area contributed by atoms with Crippen LogP contribution in [0.15, 0.2) is 194 Å². The van der Waals surface area contributed by atoms with Crippen molar-refractivity contribution in [2.45, 2.75) is 19.3 Å². The zero-order chi connectivity index (χ0) is 39.4. The minimum absolute atomic E-state index is 0.289. The maximum Gasteiger partial charge on any atom is 0.418 e. The molecule has 0 radical (unpaired) electrons. The monoisotopic (exact) mass is 751 g/mol. The smallest absolute Gasteiger partial charge is 0.418 e. The van der Waals surface area contributed by atoms with Crippen molar-refractivity contribution in [2.24, 2.45) is 0 Å². The summed E-state index contributed by atoms with van der Waals surface area (Å²) in [6.07, 6.45) is 1.35. The van der Waals surface area contributed by atoms with Crippen molar-refractivity contribution in [2.75, 3.05) is 16.9 Å². The van der Waals surface area contributed by atoms with E-state index in [9.17, 15) is 4.79 Å². The number of carbonyl (C=O) groups is 1. The van der Waals surface area contributed by atoms with Gasteiger partial charge in [-0.2, -0.15) is 0 Å². The maximum atomic E-state index is 12.5. The Morgan fingerprint density at radius 1 is 0.500 bits per heavy atom. The number of carbonyl (C=O) groups excluding carboxylic acids is 1. The fourth-order valence-electron chi connectivity index (χ4n) is 8.81. The number of hydrogen-bond donors (Lipinski definition) is 0. The molecule has 9 aromatic rings. The van der Waals surface area contributed by atoms with Crippen molar-refractivity contribution in [3.8, 4) is 22.3 Å². The van der Waals surface area contributed by atoms with Gasteiger partial charge in [0.05, 0.1) is 18.3 Å². The lowest BCUT2D eigenvalue weighted by molar-refractivity contribution is 0.174. The highest BCUT2D eigenvalue weighted by Crippen LogP contribution is 2.53. The van der Waals surface area contributed by atoms with Crippen molar-refractivity contribution >= 4 is 61.9 Å². The van der Waals surface area contributed by atoms with Gasteiger partial charge in [-0.1, -0.05) is 123 Å². The summed E-state index contributed by atoms with van der Waals surface area (Å²) in [5.74, 6) is 0. The van der Waals surface area contributed by atoms with E-state index < -0.39 is 6.09 Å². The first-order valence-electron chi connectivity index (χ1n) is 19.7. The first-order valence-corrected chi connectivity index (χ1v) is 19.7. The normalized spacial score (nSPS) is 12.6. The number of fused-ring (bicyclic) bond motifs is 5. The third-order valence-electron chi connectivity index (χ3n) is 11.7. The summed E-state index contributed by atoms with van der Waals surface area (Å²) in [5, 5.41) is 3.37. The van der Waals surface area contributed by atoms with E-state index in [-0.39, 0.29) is 5.41 Å². The molecule has 0 unspecified atom stereocenters. The van der Waals surface area contributed by atoms with Gasteiger partial charge in [-0.25, -0.2) is 4.79 Å². The van der Waals surface area contributed by atoms with Crippen LogP contribution in [0.5, 0.6) is 0 Å². The van der Waals surface area contributed by atoms with Crippen LogP contribution in [0, 0.1) is 0 Å². The van der Waals surface area contributed by atoms with Crippen molar-refractivity contribution in [3.63, 3.8) is 0 Å². The molecule has 0 atom stereocenters. The van der Waals surface area contributed by atoms with Gasteiger partial charge in [-0.3, -0.25) is 4.57 Å². The third kappa shape index (κ3) is 5.82. The van der Waals surface area contributed by atoms with E-state index in [1.165, 1.54) is 45.7 Å². The number of aromatic nitrogens is 1. The Kier molecular flexibility index (Phi) is 8.45. The molecule has 1 aromatic heterocycles. The number of nitrogens with zero attached hydrogens (tertiary/aromatic N) is 3. The number of benzene rings is 8. The van der Waals surface area contributed by atoms with E-state index in [0.717, 1.165) is 50.6 Å². The molecule has 0 saturated heterocycles. The zero-order valence-corrected chi connectivity index (χ0v) is 32.6. The average Bonchev–Trinajstić information content (AvgIpc) is 3.80. The van der Waals surface area contributed by atoms with Crippen molar-refractivity contribution in [1.82, 2.24) is 4.57 Å². The molecular formula is C53H41N3O2. The average molecular weight is 752 g/mol. The zero-order valence-electron chi connectivity index (χ0n) is 32.6. The van der Waals surface area contributed by atoms with Gasteiger partial charge in [0, 0.05) is 50.8 Å². The van der Waals surface area contributed by atoms with Crippen LogP contribution in [-0.4, -0.2) is 17.8 Å². The fourth-order valence-corrected chi connectivity index (χ4v) is 8.81. The van der Waals surface area contributed by atoms with Crippen LogP contribution in [0.2, 0.25) is 0 Å². The molecular weight excluding hydrogens is 711 g/mol. The molecule has 0 aliphatic heterocycles. The van der Waals surface area contributed by atoms with Crippen LogP contribution in [-0.2, 0) is 10.2 Å². The minimum Gasteiger partial charge on any atom is -0.452 e. The Morgan fingerprint density at radius 3 is 1.76 bits per heavy atom. The molecule has 0 fully saturated rings. The van der Waals surface area contributed by atoms with E-state index in [4.69, 9.17) is 4.74 Å². The molecule has 0 bridgehead atoms. The second-order valence-electron chi connectivity index (χ2n) is 15.4. The fraction of sp³-hybridized carbons (Fsp3) is 0.0755. The summed E-state index contributed by atoms with van der Waals surface area (Å²) >= 11 is 0. The van der Waals surface area contributed by atoms with Crippen LogP contribution in [0.1, 0.15) is 25.0 Å². The summed E-state index contributed by atoms with van der Waals surface area (Å²) in [4.78, 5) is 17.2. The highest BCUT2D eigenvalue weighted by molar-refractivity contribution is 6.00. The highest BCUT2D eigenvalue weighted by Gasteiger charge is 2.37. The van der Waals surface area contributed by atoms with E-state index in [2.05, 4.69) is 194 Å². The van der Waals surface area contributed by atoms with Crippen LogP contribution in [0.25, 0.3) is 43.9 Å². The van der Waals surface area contributed by atoms with Gasteiger partial charge in [-0.15, -0.1) is 0 Å². The van der Waals surface area contributed by atoms with Gasteiger partial charge in [0.1, 0.15) is 0 Å². The molecule has 1 aliphatic rings. The standard InChI is InChI=1S/C53H41N3O2/c1-53(2)48-34-43(55(41-23-21-37(22-24-41)36-13-6-4-7-14-36)42-27-30-50-39(33-42)31-32-54(50)52(57)58-3)25-28-46(48)47-29-26-44(35-49(47)53)56(40-17-8-5-9-18-40)51-20-12-16-38-15-10-11-19-45(38)51/h4-35H,1-3H3. The lowest BCUT2D eigenvalue weighted by Crippen LogP contribution is -2.17. The molecule has 58 heavy (non-hydrogen) atoms. The molecule has 0 amide bonds.